The summed E-state index contributed by atoms with van der Waals surface area (Å²) >= 11 is 0. The van der Waals surface area contributed by atoms with Crippen LogP contribution in [0.5, 0.6) is 0 Å². The number of amides is 1. The van der Waals surface area contributed by atoms with E-state index in [4.69, 9.17) is 0 Å². The van der Waals surface area contributed by atoms with Gasteiger partial charge in [0.2, 0.25) is 5.91 Å². The largest absolute Gasteiger partial charge is 0.347 e. The zero-order chi connectivity index (χ0) is 22.6. The van der Waals surface area contributed by atoms with E-state index in [9.17, 15) is 4.79 Å². The van der Waals surface area contributed by atoms with E-state index in [0.29, 0.717) is 5.92 Å². The highest BCUT2D eigenvalue weighted by atomic mass is 16.1. The van der Waals surface area contributed by atoms with Gasteiger partial charge in [0.05, 0.1) is 11.9 Å². The summed E-state index contributed by atoms with van der Waals surface area (Å²) in [7, 11) is 0. The standard InChI is InChI=1S/C28H43N3O/c1-3-24-26(22-17-13-11-8-12-14-18-22)25(21-30-27(24)29-4-2)31-28(32)23-19-15-9-6-5-7-10-16-20-23/h3-4,21-23H,1-2,5-20H2,(H,29,30)(H,31,32). The van der Waals surface area contributed by atoms with Crippen molar-refractivity contribution in [2.24, 2.45) is 5.92 Å². The molecule has 2 aliphatic carbocycles. The topological polar surface area (TPSA) is 54.0 Å². The highest BCUT2D eigenvalue weighted by Crippen LogP contribution is 2.40. The molecule has 4 heteroatoms. The van der Waals surface area contributed by atoms with Crippen LogP contribution in [0.15, 0.2) is 25.6 Å². The van der Waals surface area contributed by atoms with Crippen LogP contribution >= 0.6 is 0 Å². The minimum absolute atomic E-state index is 0.108. The number of hydrogen-bond acceptors (Lipinski definition) is 3. The number of nitrogens with zero attached hydrogens (tertiary/aromatic N) is 1. The summed E-state index contributed by atoms with van der Waals surface area (Å²) in [5.74, 6) is 1.50. The predicted molar refractivity (Wildman–Crippen MR) is 137 cm³/mol. The summed E-state index contributed by atoms with van der Waals surface area (Å²) in [5.41, 5.74) is 3.12. The van der Waals surface area contributed by atoms with E-state index in [0.717, 1.165) is 55.6 Å². The van der Waals surface area contributed by atoms with E-state index >= 15 is 0 Å². The normalized spacial score (nSPS) is 19.9. The van der Waals surface area contributed by atoms with Crippen molar-refractivity contribution < 1.29 is 4.79 Å². The van der Waals surface area contributed by atoms with Crippen LogP contribution in [0.25, 0.3) is 6.08 Å². The minimum atomic E-state index is 0.108. The first kappa shape index (κ1) is 24.5. The van der Waals surface area contributed by atoms with E-state index in [1.54, 1.807) is 6.20 Å². The average Bonchev–Trinajstić information content (AvgIpc) is 2.78. The van der Waals surface area contributed by atoms with Crippen molar-refractivity contribution in [1.29, 1.82) is 0 Å². The SMILES string of the molecule is C=CNc1ncc(NC(=O)C2CCCCCCCCC2)c(C2CCCCCCC2)c1C=C. The van der Waals surface area contributed by atoms with E-state index in [1.165, 1.54) is 69.8 Å². The van der Waals surface area contributed by atoms with Crippen molar-refractivity contribution in [2.75, 3.05) is 10.6 Å². The lowest BCUT2D eigenvalue weighted by Gasteiger charge is -2.27. The Kier molecular flexibility index (Phi) is 10.3. The first-order chi connectivity index (χ1) is 15.7. The molecule has 176 valence electrons. The number of carbonyl (C=O) groups excluding carboxylic acids is 1. The molecular formula is C28H43N3O. The summed E-state index contributed by atoms with van der Waals surface area (Å²) in [6, 6.07) is 0. The molecule has 1 aromatic heterocycles. The van der Waals surface area contributed by atoms with Gasteiger partial charge in [0.1, 0.15) is 5.82 Å². The number of nitrogens with one attached hydrogen (secondary N) is 2. The van der Waals surface area contributed by atoms with Crippen LogP contribution in [-0.4, -0.2) is 10.9 Å². The fraction of sp³-hybridized carbons (Fsp3) is 0.643. The first-order valence-corrected chi connectivity index (χ1v) is 13.1. The zero-order valence-corrected chi connectivity index (χ0v) is 20.0. The Morgan fingerprint density at radius 1 is 0.844 bits per heavy atom. The average molecular weight is 438 g/mol. The summed E-state index contributed by atoms with van der Waals surface area (Å²) in [6.45, 7) is 7.91. The van der Waals surface area contributed by atoms with Gasteiger partial charge in [0.15, 0.2) is 0 Å². The summed E-state index contributed by atoms with van der Waals surface area (Å²) in [5, 5.41) is 6.51. The molecule has 2 saturated carbocycles. The van der Waals surface area contributed by atoms with Gasteiger partial charge in [-0.25, -0.2) is 4.98 Å². The van der Waals surface area contributed by atoms with Crippen molar-refractivity contribution in [1.82, 2.24) is 4.98 Å². The number of rotatable bonds is 6. The van der Waals surface area contributed by atoms with Crippen LogP contribution in [0.3, 0.4) is 0 Å². The molecule has 1 heterocycles. The molecule has 0 saturated heterocycles. The highest BCUT2D eigenvalue weighted by Gasteiger charge is 2.25. The van der Waals surface area contributed by atoms with Gasteiger partial charge in [0, 0.05) is 11.5 Å². The lowest BCUT2D eigenvalue weighted by atomic mass is 9.83. The van der Waals surface area contributed by atoms with Crippen molar-refractivity contribution >= 4 is 23.5 Å². The number of anilines is 2. The molecule has 0 bridgehead atoms. The summed E-state index contributed by atoms with van der Waals surface area (Å²) < 4.78 is 0. The van der Waals surface area contributed by atoms with E-state index in [1.807, 2.05) is 12.3 Å². The van der Waals surface area contributed by atoms with Crippen molar-refractivity contribution in [2.45, 2.75) is 109 Å². The first-order valence-electron chi connectivity index (χ1n) is 13.1. The number of aromatic nitrogens is 1. The maximum atomic E-state index is 13.4. The fourth-order valence-corrected chi connectivity index (χ4v) is 5.55. The molecule has 3 rings (SSSR count). The second-order valence-corrected chi connectivity index (χ2v) is 9.68. The second-order valence-electron chi connectivity index (χ2n) is 9.68. The van der Waals surface area contributed by atoms with Gasteiger partial charge in [-0.2, -0.15) is 0 Å². The van der Waals surface area contributed by atoms with Gasteiger partial charge in [-0.15, -0.1) is 0 Å². The van der Waals surface area contributed by atoms with Gasteiger partial charge < -0.3 is 10.6 Å². The molecule has 2 N–H and O–H groups in total. The Bertz CT molecular complexity index is 739. The molecule has 1 amide bonds. The van der Waals surface area contributed by atoms with Gasteiger partial charge in [-0.1, -0.05) is 96.3 Å². The van der Waals surface area contributed by atoms with Crippen LogP contribution in [0.1, 0.15) is 120 Å². The van der Waals surface area contributed by atoms with Gasteiger partial charge in [-0.05, 0) is 43.4 Å². The van der Waals surface area contributed by atoms with Crippen molar-refractivity contribution in [3.05, 3.63) is 36.7 Å². The molecule has 4 nitrogen and oxygen atoms in total. The lowest BCUT2D eigenvalue weighted by Crippen LogP contribution is -2.25. The Labute approximate surface area is 195 Å². The van der Waals surface area contributed by atoms with E-state index in [2.05, 4.69) is 28.8 Å². The Morgan fingerprint density at radius 3 is 1.91 bits per heavy atom. The van der Waals surface area contributed by atoms with E-state index in [-0.39, 0.29) is 11.8 Å². The van der Waals surface area contributed by atoms with Gasteiger partial charge >= 0.3 is 0 Å². The maximum Gasteiger partial charge on any atom is 0.227 e. The van der Waals surface area contributed by atoms with Crippen molar-refractivity contribution in [3.8, 4) is 0 Å². The molecule has 2 aliphatic rings. The number of carbonyl (C=O) groups is 1. The molecule has 0 spiro atoms. The van der Waals surface area contributed by atoms with Crippen LogP contribution in [0.2, 0.25) is 0 Å². The Morgan fingerprint density at radius 2 is 1.38 bits per heavy atom. The molecule has 0 aromatic carbocycles. The minimum Gasteiger partial charge on any atom is -0.347 e. The third-order valence-electron chi connectivity index (χ3n) is 7.35. The van der Waals surface area contributed by atoms with E-state index < -0.39 is 0 Å². The molecule has 0 radical (unpaired) electrons. The smallest absolute Gasteiger partial charge is 0.227 e. The van der Waals surface area contributed by atoms with Crippen LogP contribution in [-0.2, 0) is 4.79 Å². The number of hydrogen-bond donors (Lipinski definition) is 2. The summed E-state index contributed by atoms with van der Waals surface area (Å²) in [4.78, 5) is 18.0. The van der Waals surface area contributed by atoms with Crippen LogP contribution < -0.4 is 10.6 Å². The maximum absolute atomic E-state index is 13.4. The monoisotopic (exact) mass is 437 g/mol. The van der Waals surface area contributed by atoms with Gasteiger partial charge in [-0.3, -0.25) is 4.79 Å². The molecule has 0 unspecified atom stereocenters. The molecule has 0 atom stereocenters. The number of pyridine rings is 1. The Balaban J connectivity index is 1.87. The summed E-state index contributed by atoms with van der Waals surface area (Å²) in [6.07, 6.45) is 24.9. The highest BCUT2D eigenvalue weighted by molar-refractivity contribution is 5.94. The van der Waals surface area contributed by atoms with Crippen LogP contribution in [0.4, 0.5) is 11.5 Å². The third-order valence-corrected chi connectivity index (χ3v) is 7.35. The quantitative estimate of drug-likeness (QED) is 0.471. The molecule has 1 aromatic rings. The second kappa shape index (κ2) is 13.4. The third kappa shape index (κ3) is 6.95. The van der Waals surface area contributed by atoms with Gasteiger partial charge in [0.25, 0.3) is 0 Å². The molecular weight excluding hydrogens is 394 g/mol. The molecule has 2 fully saturated rings. The van der Waals surface area contributed by atoms with Crippen LogP contribution in [0, 0.1) is 5.92 Å². The zero-order valence-electron chi connectivity index (χ0n) is 20.0. The fourth-order valence-electron chi connectivity index (χ4n) is 5.55. The molecule has 0 aliphatic heterocycles. The van der Waals surface area contributed by atoms with Crippen molar-refractivity contribution in [3.63, 3.8) is 0 Å². The lowest BCUT2D eigenvalue weighted by molar-refractivity contribution is -0.120. The molecule has 32 heavy (non-hydrogen) atoms. The predicted octanol–water partition coefficient (Wildman–Crippen LogP) is 8.19. The Hall–Kier alpha value is -2.10.